The number of carboxylic acid groups (broad SMARTS) is 2. The van der Waals surface area contributed by atoms with Gasteiger partial charge in [-0.3, -0.25) is 4.79 Å². The number of ether oxygens (including phenoxy) is 2. The van der Waals surface area contributed by atoms with Crippen LogP contribution in [0.15, 0.2) is 46.3 Å². The summed E-state index contributed by atoms with van der Waals surface area (Å²) in [6.07, 6.45) is 5.32. The molecular formula is C24H23ClN2O7S. The fourth-order valence-corrected chi connectivity index (χ4v) is 6.84. The fraction of sp³-hybridized carbons (Fsp3) is 0.375. The third-order valence-electron chi connectivity index (χ3n) is 6.68. The zero-order valence-corrected chi connectivity index (χ0v) is 20.1. The number of carbonyl (C=O) groups is 2. The Hall–Kier alpha value is -3.11. The highest BCUT2D eigenvalue weighted by atomic mass is 35.5. The molecule has 1 aliphatic heterocycles. The molecule has 1 aromatic carbocycles. The van der Waals surface area contributed by atoms with Gasteiger partial charge in [-0.2, -0.15) is 0 Å². The van der Waals surface area contributed by atoms with E-state index in [1.54, 1.807) is 18.4 Å². The number of hydrogen-bond donors (Lipinski definition) is 3. The van der Waals surface area contributed by atoms with Gasteiger partial charge >= 0.3 is 11.9 Å². The SMILES string of the molecule is O=C(O)CC1CCC(Cc2cc3c(cc2Cl)OCO3)(Sc2nc[nH]c2C(=O)O)C(c2ccco2)C1. The third kappa shape index (κ3) is 4.72. The number of halogens is 1. The molecule has 1 aliphatic carbocycles. The summed E-state index contributed by atoms with van der Waals surface area (Å²) in [4.78, 5) is 30.3. The summed E-state index contributed by atoms with van der Waals surface area (Å²) >= 11 is 8.04. The van der Waals surface area contributed by atoms with Gasteiger partial charge in [0, 0.05) is 28.2 Å². The number of H-pyrrole nitrogens is 1. The Morgan fingerprint density at radius 1 is 1.26 bits per heavy atom. The number of nitrogens with one attached hydrogen (secondary N) is 1. The summed E-state index contributed by atoms with van der Waals surface area (Å²) < 4.78 is 16.2. The largest absolute Gasteiger partial charge is 0.481 e. The van der Waals surface area contributed by atoms with Gasteiger partial charge in [0.2, 0.25) is 6.79 Å². The Bertz CT molecular complexity index is 1240. The Balaban J connectivity index is 1.59. The molecule has 3 heterocycles. The van der Waals surface area contributed by atoms with Crippen molar-refractivity contribution < 1.29 is 33.7 Å². The molecule has 2 aliphatic rings. The zero-order chi connectivity index (χ0) is 24.6. The zero-order valence-electron chi connectivity index (χ0n) is 18.5. The summed E-state index contributed by atoms with van der Waals surface area (Å²) in [6, 6.07) is 7.27. The van der Waals surface area contributed by atoms with E-state index in [1.165, 1.54) is 18.1 Å². The molecule has 0 bridgehead atoms. The minimum Gasteiger partial charge on any atom is -0.481 e. The first-order valence-electron chi connectivity index (χ1n) is 11.1. The molecule has 3 N–H and O–H groups in total. The fourth-order valence-electron chi connectivity index (χ4n) is 5.08. The van der Waals surface area contributed by atoms with Crippen LogP contribution in [0.4, 0.5) is 0 Å². The van der Waals surface area contributed by atoms with Crippen molar-refractivity contribution in [3.63, 3.8) is 0 Å². The van der Waals surface area contributed by atoms with Crippen molar-refractivity contribution in [3.8, 4) is 11.5 Å². The van der Waals surface area contributed by atoms with Crippen LogP contribution in [0.25, 0.3) is 0 Å². The monoisotopic (exact) mass is 518 g/mol. The number of nitrogens with zero attached hydrogens (tertiary/aromatic N) is 1. The minimum atomic E-state index is -1.10. The highest BCUT2D eigenvalue weighted by molar-refractivity contribution is 8.00. The Morgan fingerprint density at radius 2 is 2.06 bits per heavy atom. The lowest BCUT2D eigenvalue weighted by atomic mass is 9.69. The minimum absolute atomic E-state index is 0.0111. The van der Waals surface area contributed by atoms with Crippen LogP contribution in [0.5, 0.6) is 11.5 Å². The Kier molecular flexibility index (Phi) is 6.41. The number of aromatic carboxylic acids is 1. The van der Waals surface area contributed by atoms with Crippen LogP contribution in [-0.4, -0.2) is 43.7 Å². The second-order valence-electron chi connectivity index (χ2n) is 8.83. The van der Waals surface area contributed by atoms with E-state index in [0.29, 0.717) is 47.2 Å². The van der Waals surface area contributed by atoms with Crippen molar-refractivity contribution >= 4 is 35.3 Å². The number of imidazole rings is 1. The molecule has 11 heteroatoms. The molecule has 1 fully saturated rings. The topological polar surface area (TPSA) is 135 Å². The van der Waals surface area contributed by atoms with Gasteiger partial charge in [0.25, 0.3) is 0 Å². The van der Waals surface area contributed by atoms with Gasteiger partial charge in [-0.05, 0) is 55.4 Å². The molecule has 184 valence electrons. The lowest BCUT2D eigenvalue weighted by molar-refractivity contribution is -0.138. The molecule has 1 saturated carbocycles. The number of hydrogen-bond acceptors (Lipinski definition) is 7. The smallest absolute Gasteiger partial charge is 0.355 e. The normalized spacial score (nSPS) is 23.3. The van der Waals surface area contributed by atoms with E-state index < -0.39 is 16.7 Å². The molecule has 5 rings (SSSR count). The van der Waals surface area contributed by atoms with Crippen molar-refractivity contribution in [2.24, 2.45) is 5.92 Å². The van der Waals surface area contributed by atoms with Crippen LogP contribution in [0, 0.1) is 5.92 Å². The molecular weight excluding hydrogens is 496 g/mol. The second kappa shape index (κ2) is 9.50. The summed E-state index contributed by atoms with van der Waals surface area (Å²) in [5.41, 5.74) is 0.834. The van der Waals surface area contributed by atoms with Crippen LogP contribution in [-0.2, 0) is 11.2 Å². The first kappa shape index (κ1) is 23.6. The summed E-state index contributed by atoms with van der Waals surface area (Å²) in [5, 5.41) is 20.0. The highest BCUT2D eigenvalue weighted by Crippen LogP contribution is 2.56. The second-order valence-corrected chi connectivity index (χ2v) is 10.6. The lowest BCUT2D eigenvalue weighted by Crippen LogP contribution is -2.41. The van der Waals surface area contributed by atoms with Gasteiger partial charge in [0.05, 0.1) is 12.6 Å². The molecule has 0 amide bonds. The van der Waals surface area contributed by atoms with E-state index >= 15 is 0 Å². The third-order valence-corrected chi connectivity index (χ3v) is 8.57. The molecule has 3 unspecified atom stereocenters. The maximum atomic E-state index is 11.8. The average molecular weight is 519 g/mol. The number of furan rings is 1. The number of aromatic nitrogens is 2. The highest BCUT2D eigenvalue weighted by Gasteiger charge is 2.48. The van der Waals surface area contributed by atoms with Gasteiger partial charge < -0.3 is 29.1 Å². The molecule has 0 saturated heterocycles. The number of benzene rings is 1. The van der Waals surface area contributed by atoms with Gasteiger partial charge in [-0.15, -0.1) is 0 Å². The number of fused-ring (bicyclic) bond motifs is 1. The van der Waals surface area contributed by atoms with Gasteiger partial charge in [-0.25, -0.2) is 9.78 Å². The van der Waals surface area contributed by atoms with E-state index in [1.807, 2.05) is 12.1 Å². The van der Waals surface area contributed by atoms with Crippen molar-refractivity contribution in [2.75, 3.05) is 6.79 Å². The summed E-state index contributed by atoms with van der Waals surface area (Å²) in [5.74, 6) is -0.291. The standard InChI is InChI=1S/C24H23ClN2O7S/c25-16-9-19-18(33-12-34-19)8-14(16)10-24(35-22-21(23(30)31)26-11-27-22)4-3-13(7-20(28)29)6-15(24)17-2-1-5-32-17/h1-2,5,8-9,11,13,15H,3-4,6-7,10,12H2,(H,26,27)(H,28,29)(H,30,31). The van der Waals surface area contributed by atoms with Gasteiger partial charge in [-0.1, -0.05) is 23.4 Å². The van der Waals surface area contributed by atoms with E-state index in [4.69, 9.17) is 25.5 Å². The maximum absolute atomic E-state index is 11.8. The Morgan fingerprint density at radius 3 is 2.77 bits per heavy atom. The molecule has 2 aromatic heterocycles. The summed E-state index contributed by atoms with van der Waals surface area (Å²) in [7, 11) is 0. The van der Waals surface area contributed by atoms with Crippen molar-refractivity contribution in [2.45, 2.75) is 47.8 Å². The predicted molar refractivity (Wildman–Crippen MR) is 126 cm³/mol. The molecule has 3 atom stereocenters. The molecule has 3 aromatic rings. The van der Waals surface area contributed by atoms with Crippen LogP contribution in [0.1, 0.15) is 53.4 Å². The van der Waals surface area contributed by atoms with Crippen LogP contribution in [0.3, 0.4) is 0 Å². The number of aromatic amines is 1. The molecule has 9 nitrogen and oxygen atoms in total. The van der Waals surface area contributed by atoms with Gasteiger partial charge in [0.15, 0.2) is 17.2 Å². The van der Waals surface area contributed by atoms with Crippen molar-refractivity contribution in [3.05, 3.63) is 58.9 Å². The first-order valence-corrected chi connectivity index (χ1v) is 12.3. The van der Waals surface area contributed by atoms with Crippen LogP contribution in [0.2, 0.25) is 5.02 Å². The number of rotatable bonds is 8. The molecule has 0 radical (unpaired) electrons. The Labute approximate surface area is 209 Å². The van der Waals surface area contributed by atoms with E-state index in [-0.39, 0.29) is 30.7 Å². The quantitative estimate of drug-likeness (QED) is 0.367. The van der Waals surface area contributed by atoms with Crippen molar-refractivity contribution in [1.82, 2.24) is 9.97 Å². The molecule has 35 heavy (non-hydrogen) atoms. The maximum Gasteiger partial charge on any atom is 0.355 e. The summed E-state index contributed by atoms with van der Waals surface area (Å²) in [6.45, 7) is 0.121. The van der Waals surface area contributed by atoms with Crippen LogP contribution < -0.4 is 9.47 Å². The molecule has 0 spiro atoms. The van der Waals surface area contributed by atoms with E-state index in [9.17, 15) is 19.8 Å². The first-order chi connectivity index (χ1) is 16.8. The number of aliphatic carboxylic acids is 1. The van der Waals surface area contributed by atoms with Crippen molar-refractivity contribution in [1.29, 1.82) is 0 Å². The lowest BCUT2D eigenvalue weighted by Gasteiger charge is -2.45. The average Bonchev–Trinajstić information content (AvgIpc) is 3.57. The van der Waals surface area contributed by atoms with E-state index in [2.05, 4.69) is 9.97 Å². The number of carboxylic acids is 2. The van der Waals surface area contributed by atoms with Crippen LogP contribution >= 0.6 is 23.4 Å². The van der Waals surface area contributed by atoms with Gasteiger partial charge in [0.1, 0.15) is 10.8 Å². The number of thioether (sulfide) groups is 1. The predicted octanol–water partition coefficient (Wildman–Crippen LogP) is 5.22. The van der Waals surface area contributed by atoms with E-state index in [0.717, 1.165) is 11.3 Å².